The van der Waals surface area contributed by atoms with Crippen molar-refractivity contribution in [3.63, 3.8) is 0 Å². The van der Waals surface area contributed by atoms with Gasteiger partial charge in [0.25, 0.3) is 0 Å². The lowest BCUT2D eigenvalue weighted by Crippen LogP contribution is -2.38. The lowest BCUT2D eigenvalue weighted by atomic mass is 9.94. The van der Waals surface area contributed by atoms with E-state index in [1.807, 2.05) is 0 Å². The highest BCUT2D eigenvalue weighted by molar-refractivity contribution is 4.71. The van der Waals surface area contributed by atoms with Crippen molar-refractivity contribution in [3.05, 3.63) is 0 Å². The van der Waals surface area contributed by atoms with Crippen molar-refractivity contribution < 1.29 is 4.74 Å². The summed E-state index contributed by atoms with van der Waals surface area (Å²) in [6.07, 6.45) is 6.60. The molecule has 3 nitrogen and oxygen atoms in total. The van der Waals surface area contributed by atoms with Crippen molar-refractivity contribution in [3.8, 4) is 0 Å². The van der Waals surface area contributed by atoms with E-state index in [1.165, 1.54) is 51.7 Å². The monoisotopic (exact) mass is 256 g/mol. The minimum absolute atomic E-state index is 0.848. The van der Waals surface area contributed by atoms with Gasteiger partial charge in [0.15, 0.2) is 0 Å². The van der Waals surface area contributed by atoms with Gasteiger partial charge in [-0.2, -0.15) is 0 Å². The first kappa shape index (κ1) is 15.9. The molecule has 3 heteroatoms. The molecule has 0 aromatic rings. The number of rotatable bonds is 10. The zero-order chi connectivity index (χ0) is 13.1. The average molecular weight is 256 g/mol. The van der Waals surface area contributed by atoms with E-state index in [9.17, 15) is 0 Å². The van der Waals surface area contributed by atoms with Crippen molar-refractivity contribution in [2.24, 2.45) is 5.92 Å². The lowest BCUT2D eigenvalue weighted by Gasteiger charge is -2.31. The van der Waals surface area contributed by atoms with Gasteiger partial charge in [0.2, 0.25) is 0 Å². The highest BCUT2D eigenvalue weighted by Crippen LogP contribution is 2.19. The van der Waals surface area contributed by atoms with Gasteiger partial charge in [-0.3, -0.25) is 0 Å². The summed E-state index contributed by atoms with van der Waals surface area (Å²) < 4.78 is 5.32. The number of piperidine rings is 1. The van der Waals surface area contributed by atoms with Crippen molar-refractivity contribution in [1.82, 2.24) is 10.2 Å². The first-order valence-electron chi connectivity index (χ1n) is 7.87. The molecule has 0 spiro atoms. The molecule has 0 radical (unpaired) electrons. The Morgan fingerprint density at radius 2 is 1.89 bits per heavy atom. The zero-order valence-electron chi connectivity index (χ0n) is 12.4. The Kier molecular flexibility index (Phi) is 9.54. The molecular weight excluding hydrogens is 224 g/mol. The van der Waals surface area contributed by atoms with Crippen molar-refractivity contribution in [2.75, 3.05) is 45.9 Å². The summed E-state index contributed by atoms with van der Waals surface area (Å²) >= 11 is 0. The number of likely N-dealkylation sites (tertiary alicyclic amines) is 1. The van der Waals surface area contributed by atoms with Gasteiger partial charge >= 0.3 is 0 Å². The summed E-state index contributed by atoms with van der Waals surface area (Å²) in [5, 5.41) is 3.54. The van der Waals surface area contributed by atoms with E-state index < -0.39 is 0 Å². The molecule has 1 rings (SSSR count). The van der Waals surface area contributed by atoms with E-state index in [0.29, 0.717) is 0 Å². The van der Waals surface area contributed by atoms with Crippen LogP contribution < -0.4 is 5.32 Å². The third-order valence-corrected chi connectivity index (χ3v) is 3.99. The Morgan fingerprint density at radius 1 is 1.11 bits per heavy atom. The Morgan fingerprint density at radius 3 is 2.56 bits per heavy atom. The minimum atomic E-state index is 0.848. The van der Waals surface area contributed by atoms with E-state index in [2.05, 4.69) is 24.1 Å². The van der Waals surface area contributed by atoms with Gasteiger partial charge in [0.1, 0.15) is 0 Å². The average Bonchev–Trinajstić information content (AvgIpc) is 2.42. The fraction of sp³-hybridized carbons (Fsp3) is 1.00. The van der Waals surface area contributed by atoms with Gasteiger partial charge in [-0.25, -0.2) is 0 Å². The fourth-order valence-electron chi connectivity index (χ4n) is 2.58. The molecule has 0 aromatic heterocycles. The molecule has 1 fully saturated rings. The van der Waals surface area contributed by atoms with Gasteiger partial charge in [0.05, 0.1) is 0 Å². The lowest BCUT2D eigenvalue weighted by molar-refractivity contribution is 0.143. The van der Waals surface area contributed by atoms with Crippen molar-refractivity contribution in [1.29, 1.82) is 0 Å². The van der Waals surface area contributed by atoms with Crippen LogP contribution in [0.4, 0.5) is 0 Å². The maximum absolute atomic E-state index is 5.32. The quantitative estimate of drug-likeness (QED) is 0.608. The normalized spacial score (nSPS) is 18.3. The van der Waals surface area contributed by atoms with Crippen LogP contribution >= 0.6 is 0 Å². The number of unbranched alkanes of at least 4 members (excludes halogenated alkanes) is 1. The number of hydrogen-bond acceptors (Lipinski definition) is 3. The molecule has 0 aromatic carbocycles. The first-order chi connectivity index (χ1) is 8.86. The summed E-state index contributed by atoms with van der Waals surface area (Å²) in [6, 6.07) is 0. The standard InChI is InChI=1S/C15H32N2O/c1-3-15-7-11-17(12-8-15)13-10-16-9-5-6-14-18-4-2/h15-16H,3-14H2,1-2H3. The molecule has 0 amide bonds. The number of nitrogens with zero attached hydrogens (tertiary/aromatic N) is 1. The molecule has 0 bridgehead atoms. The second kappa shape index (κ2) is 10.8. The van der Waals surface area contributed by atoms with E-state index in [-0.39, 0.29) is 0 Å². The summed E-state index contributed by atoms with van der Waals surface area (Å²) in [5.74, 6) is 0.993. The van der Waals surface area contributed by atoms with Crippen LogP contribution in [0, 0.1) is 5.92 Å². The predicted octanol–water partition coefficient (Wildman–Crippen LogP) is 2.51. The molecule has 0 saturated carbocycles. The summed E-state index contributed by atoms with van der Waals surface area (Å²) in [5.41, 5.74) is 0. The molecule has 0 atom stereocenters. The maximum atomic E-state index is 5.32. The first-order valence-corrected chi connectivity index (χ1v) is 7.87. The van der Waals surface area contributed by atoms with Crippen LogP contribution in [0.3, 0.4) is 0 Å². The maximum Gasteiger partial charge on any atom is 0.0466 e. The third kappa shape index (κ3) is 7.34. The van der Waals surface area contributed by atoms with Gasteiger partial charge in [0, 0.05) is 26.3 Å². The van der Waals surface area contributed by atoms with Gasteiger partial charge in [-0.05, 0) is 58.2 Å². The van der Waals surface area contributed by atoms with Crippen molar-refractivity contribution in [2.45, 2.75) is 46.0 Å². The molecule has 1 saturated heterocycles. The second-order valence-corrected chi connectivity index (χ2v) is 5.35. The van der Waals surface area contributed by atoms with E-state index in [1.54, 1.807) is 0 Å². The van der Waals surface area contributed by atoms with Gasteiger partial charge in [-0.1, -0.05) is 13.3 Å². The third-order valence-electron chi connectivity index (χ3n) is 3.99. The topological polar surface area (TPSA) is 24.5 Å². The molecule has 0 aliphatic carbocycles. The molecular formula is C15H32N2O. The summed E-state index contributed by atoms with van der Waals surface area (Å²) in [6.45, 7) is 12.3. The van der Waals surface area contributed by atoms with Crippen LogP contribution in [0.2, 0.25) is 0 Å². The Balaban J connectivity index is 1.84. The summed E-state index contributed by atoms with van der Waals surface area (Å²) in [4.78, 5) is 2.61. The van der Waals surface area contributed by atoms with Gasteiger partial charge in [-0.15, -0.1) is 0 Å². The zero-order valence-corrected chi connectivity index (χ0v) is 12.4. The highest BCUT2D eigenvalue weighted by Gasteiger charge is 2.16. The second-order valence-electron chi connectivity index (χ2n) is 5.35. The number of nitrogens with one attached hydrogen (secondary N) is 1. The summed E-state index contributed by atoms with van der Waals surface area (Å²) in [7, 11) is 0. The molecule has 108 valence electrons. The Labute approximate surface area is 113 Å². The largest absolute Gasteiger partial charge is 0.382 e. The smallest absolute Gasteiger partial charge is 0.0466 e. The van der Waals surface area contributed by atoms with Crippen LogP contribution in [-0.4, -0.2) is 50.8 Å². The fourth-order valence-corrected chi connectivity index (χ4v) is 2.58. The minimum Gasteiger partial charge on any atom is -0.382 e. The van der Waals surface area contributed by atoms with Crippen LogP contribution in [-0.2, 0) is 4.74 Å². The Hall–Kier alpha value is -0.120. The van der Waals surface area contributed by atoms with Crippen LogP contribution in [0.25, 0.3) is 0 Å². The molecule has 1 aliphatic rings. The van der Waals surface area contributed by atoms with E-state index in [0.717, 1.165) is 32.2 Å². The molecule has 1 N–H and O–H groups in total. The Bertz CT molecular complexity index is 179. The molecule has 1 aliphatic heterocycles. The highest BCUT2D eigenvalue weighted by atomic mass is 16.5. The van der Waals surface area contributed by atoms with E-state index >= 15 is 0 Å². The van der Waals surface area contributed by atoms with Crippen LogP contribution in [0.15, 0.2) is 0 Å². The number of ether oxygens (including phenoxy) is 1. The molecule has 1 heterocycles. The van der Waals surface area contributed by atoms with Gasteiger partial charge < -0.3 is 15.0 Å². The molecule has 0 unspecified atom stereocenters. The predicted molar refractivity (Wildman–Crippen MR) is 78.1 cm³/mol. The van der Waals surface area contributed by atoms with Crippen molar-refractivity contribution >= 4 is 0 Å². The SMILES string of the molecule is CCOCCCCNCCN1CCC(CC)CC1. The molecule has 18 heavy (non-hydrogen) atoms. The van der Waals surface area contributed by atoms with E-state index in [4.69, 9.17) is 4.74 Å². The number of hydrogen-bond donors (Lipinski definition) is 1. The van der Waals surface area contributed by atoms with Crippen LogP contribution in [0.5, 0.6) is 0 Å². The van der Waals surface area contributed by atoms with Crippen LogP contribution in [0.1, 0.15) is 46.0 Å².